The van der Waals surface area contributed by atoms with Crippen molar-refractivity contribution < 1.29 is 23.5 Å². The third-order valence-corrected chi connectivity index (χ3v) is 3.18. The lowest BCUT2D eigenvalue weighted by Gasteiger charge is -2.24. The van der Waals surface area contributed by atoms with E-state index < -0.39 is 17.8 Å². The SMILES string of the molecule is CC(C)C(OC(=O)CCC(=O)Oc1ccccc1F)C(C)C. The van der Waals surface area contributed by atoms with E-state index in [1.807, 2.05) is 27.7 Å². The second kappa shape index (κ2) is 8.51. The van der Waals surface area contributed by atoms with Gasteiger partial charge in [0.15, 0.2) is 11.6 Å². The molecule has 0 fully saturated rings. The Bertz CT molecular complexity index is 503. The van der Waals surface area contributed by atoms with Crippen LogP contribution in [0.15, 0.2) is 24.3 Å². The van der Waals surface area contributed by atoms with E-state index >= 15 is 0 Å². The van der Waals surface area contributed by atoms with Crippen molar-refractivity contribution in [3.05, 3.63) is 30.1 Å². The fraction of sp³-hybridized carbons (Fsp3) is 0.529. The zero-order valence-corrected chi connectivity index (χ0v) is 13.5. The number of rotatable bonds is 7. The maximum atomic E-state index is 13.3. The van der Waals surface area contributed by atoms with Gasteiger partial charge in [0.05, 0.1) is 12.8 Å². The number of halogens is 1. The first-order valence-corrected chi connectivity index (χ1v) is 7.46. The van der Waals surface area contributed by atoms with E-state index in [9.17, 15) is 14.0 Å². The Kier molecular flexibility index (Phi) is 7.02. The van der Waals surface area contributed by atoms with E-state index in [0.717, 1.165) is 0 Å². The van der Waals surface area contributed by atoms with E-state index in [-0.39, 0.29) is 36.5 Å². The molecule has 0 saturated heterocycles. The molecule has 122 valence electrons. The van der Waals surface area contributed by atoms with Crippen molar-refractivity contribution in [3.8, 4) is 5.75 Å². The van der Waals surface area contributed by atoms with E-state index in [1.165, 1.54) is 18.2 Å². The first kappa shape index (κ1) is 18.1. The molecule has 22 heavy (non-hydrogen) atoms. The fourth-order valence-corrected chi connectivity index (χ4v) is 2.16. The molecular formula is C17H23FO4. The van der Waals surface area contributed by atoms with Crippen molar-refractivity contribution in [2.45, 2.75) is 46.6 Å². The Labute approximate surface area is 130 Å². The molecule has 0 N–H and O–H groups in total. The van der Waals surface area contributed by atoms with Crippen molar-refractivity contribution in [3.63, 3.8) is 0 Å². The summed E-state index contributed by atoms with van der Waals surface area (Å²) < 4.78 is 23.6. The van der Waals surface area contributed by atoms with E-state index in [2.05, 4.69) is 0 Å². The maximum absolute atomic E-state index is 13.3. The number of hydrogen-bond acceptors (Lipinski definition) is 4. The van der Waals surface area contributed by atoms with Crippen LogP contribution in [0.3, 0.4) is 0 Å². The van der Waals surface area contributed by atoms with Gasteiger partial charge in [0.25, 0.3) is 0 Å². The summed E-state index contributed by atoms with van der Waals surface area (Å²) in [7, 11) is 0. The van der Waals surface area contributed by atoms with Gasteiger partial charge in [-0.05, 0) is 24.0 Å². The van der Waals surface area contributed by atoms with Crippen molar-refractivity contribution in [1.82, 2.24) is 0 Å². The molecule has 0 radical (unpaired) electrons. The summed E-state index contributed by atoms with van der Waals surface area (Å²) in [6, 6.07) is 5.63. The second-order valence-electron chi connectivity index (χ2n) is 5.85. The molecule has 0 bridgehead atoms. The highest BCUT2D eigenvalue weighted by molar-refractivity contribution is 5.79. The number of benzene rings is 1. The average molecular weight is 310 g/mol. The van der Waals surface area contributed by atoms with Crippen LogP contribution in [0.4, 0.5) is 4.39 Å². The Morgan fingerprint density at radius 3 is 2.09 bits per heavy atom. The van der Waals surface area contributed by atoms with Crippen LogP contribution in [0.5, 0.6) is 5.75 Å². The van der Waals surface area contributed by atoms with Gasteiger partial charge >= 0.3 is 11.9 Å². The molecule has 4 nitrogen and oxygen atoms in total. The quantitative estimate of drug-likeness (QED) is 0.569. The number of hydrogen-bond donors (Lipinski definition) is 0. The molecule has 0 aliphatic heterocycles. The highest BCUT2D eigenvalue weighted by atomic mass is 19.1. The van der Waals surface area contributed by atoms with E-state index in [1.54, 1.807) is 6.07 Å². The van der Waals surface area contributed by atoms with Crippen molar-refractivity contribution >= 4 is 11.9 Å². The lowest BCUT2D eigenvalue weighted by molar-refractivity contribution is -0.155. The van der Waals surface area contributed by atoms with Crippen molar-refractivity contribution in [1.29, 1.82) is 0 Å². The number of esters is 2. The smallest absolute Gasteiger partial charge is 0.311 e. The molecule has 0 aliphatic rings. The summed E-state index contributed by atoms with van der Waals surface area (Å²) in [5, 5.41) is 0. The molecule has 0 aliphatic carbocycles. The van der Waals surface area contributed by atoms with Crippen LogP contribution in [0.25, 0.3) is 0 Å². The maximum Gasteiger partial charge on any atom is 0.311 e. The van der Waals surface area contributed by atoms with Crippen LogP contribution in [0.1, 0.15) is 40.5 Å². The third-order valence-electron chi connectivity index (χ3n) is 3.18. The minimum atomic E-state index is -0.660. The summed E-state index contributed by atoms with van der Waals surface area (Å²) in [6.45, 7) is 7.91. The van der Waals surface area contributed by atoms with Gasteiger partial charge in [-0.2, -0.15) is 0 Å². The second-order valence-corrected chi connectivity index (χ2v) is 5.85. The van der Waals surface area contributed by atoms with Crippen molar-refractivity contribution in [2.24, 2.45) is 11.8 Å². The van der Waals surface area contributed by atoms with Gasteiger partial charge in [-0.15, -0.1) is 0 Å². The Morgan fingerprint density at radius 2 is 1.55 bits per heavy atom. The lowest BCUT2D eigenvalue weighted by Crippen LogP contribution is -2.29. The monoisotopic (exact) mass is 310 g/mol. The zero-order valence-electron chi connectivity index (χ0n) is 13.5. The molecule has 0 amide bonds. The van der Waals surface area contributed by atoms with Gasteiger partial charge in [-0.1, -0.05) is 39.8 Å². The van der Waals surface area contributed by atoms with Crippen LogP contribution < -0.4 is 4.74 Å². The van der Waals surface area contributed by atoms with Gasteiger partial charge in [0.2, 0.25) is 0 Å². The standard InChI is InChI=1S/C17H23FO4/c1-11(2)17(12(3)4)22-16(20)10-9-15(19)21-14-8-6-5-7-13(14)18/h5-8,11-12,17H,9-10H2,1-4H3. The summed E-state index contributed by atoms with van der Waals surface area (Å²) in [6.07, 6.45) is -0.408. The number of carbonyl (C=O) groups is 2. The molecule has 0 heterocycles. The van der Waals surface area contributed by atoms with Gasteiger partial charge < -0.3 is 9.47 Å². The summed E-state index contributed by atoms with van der Waals surface area (Å²) in [5.74, 6) is -1.45. The Morgan fingerprint density at radius 1 is 1.00 bits per heavy atom. The number of para-hydroxylation sites is 1. The molecule has 0 spiro atoms. The predicted octanol–water partition coefficient (Wildman–Crippen LogP) is 3.74. The Balaban J connectivity index is 2.44. The fourth-order valence-electron chi connectivity index (χ4n) is 2.16. The Hall–Kier alpha value is -1.91. The van der Waals surface area contributed by atoms with Crippen LogP contribution in [0, 0.1) is 17.7 Å². The largest absolute Gasteiger partial charge is 0.462 e. The molecule has 0 unspecified atom stereocenters. The summed E-state index contributed by atoms with van der Waals surface area (Å²) in [5.41, 5.74) is 0. The van der Waals surface area contributed by atoms with E-state index in [4.69, 9.17) is 9.47 Å². The van der Waals surface area contributed by atoms with Gasteiger partial charge in [-0.3, -0.25) is 9.59 Å². The van der Waals surface area contributed by atoms with Crippen LogP contribution in [-0.2, 0) is 14.3 Å². The van der Waals surface area contributed by atoms with Gasteiger partial charge in [0, 0.05) is 0 Å². The molecule has 1 rings (SSSR count). The highest BCUT2D eigenvalue weighted by Crippen LogP contribution is 2.18. The minimum Gasteiger partial charge on any atom is -0.462 e. The van der Waals surface area contributed by atoms with Crippen LogP contribution in [0.2, 0.25) is 0 Å². The summed E-state index contributed by atoms with van der Waals surface area (Å²) >= 11 is 0. The number of carbonyl (C=O) groups excluding carboxylic acids is 2. The molecule has 0 saturated carbocycles. The average Bonchev–Trinajstić information content (AvgIpc) is 2.44. The van der Waals surface area contributed by atoms with Crippen LogP contribution in [-0.4, -0.2) is 18.0 Å². The first-order chi connectivity index (χ1) is 10.3. The van der Waals surface area contributed by atoms with Gasteiger partial charge in [-0.25, -0.2) is 4.39 Å². The van der Waals surface area contributed by atoms with Crippen molar-refractivity contribution in [2.75, 3.05) is 0 Å². The minimum absolute atomic E-state index is 0.0801. The first-order valence-electron chi connectivity index (χ1n) is 7.46. The van der Waals surface area contributed by atoms with Crippen LogP contribution >= 0.6 is 0 Å². The molecule has 0 aromatic heterocycles. The van der Waals surface area contributed by atoms with E-state index in [0.29, 0.717) is 0 Å². The number of ether oxygens (including phenoxy) is 2. The highest BCUT2D eigenvalue weighted by Gasteiger charge is 2.22. The molecule has 1 aromatic carbocycles. The molecule has 1 aromatic rings. The topological polar surface area (TPSA) is 52.6 Å². The lowest BCUT2D eigenvalue weighted by atomic mass is 9.96. The zero-order chi connectivity index (χ0) is 16.7. The molecular weight excluding hydrogens is 287 g/mol. The third kappa shape index (κ3) is 5.84. The molecule has 5 heteroatoms. The normalized spacial score (nSPS) is 11.1. The molecule has 0 atom stereocenters. The summed E-state index contributed by atoms with van der Waals surface area (Å²) in [4.78, 5) is 23.4. The van der Waals surface area contributed by atoms with Gasteiger partial charge in [0.1, 0.15) is 6.10 Å². The predicted molar refractivity (Wildman–Crippen MR) is 80.8 cm³/mol.